The van der Waals surface area contributed by atoms with Crippen molar-refractivity contribution in [3.8, 4) is 11.6 Å². The minimum atomic E-state index is -4.58. The second-order valence-electron chi connectivity index (χ2n) is 9.95. The number of piperazine rings is 1. The third kappa shape index (κ3) is 6.98. The number of fused-ring (bicyclic) bond motifs is 1. The molecule has 1 saturated heterocycles. The lowest BCUT2D eigenvalue weighted by Crippen LogP contribution is -2.44. The Kier molecular flexibility index (Phi) is 8.31. The normalized spacial score (nSPS) is 14.5. The number of benzene rings is 2. The van der Waals surface area contributed by atoms with Crippen molar-refractivity contribution >= 4 is 34.2 Å². The molecule has 1 aliphatic heterocycles. The SMILES string of the molecule is CC(=O)Nc1nccc(Oc2ccc3c(C(=O)Nc4ccc(CN5CCN(C)CC5)c(C(F)(F)F)c4)nccc3c2)n1. The van der Waals surface area contributed by atoms with Gasteiger partial charge in [0, 0.05) is 69.2 Å². The summed E-state index contributed by atoms with van der Waals surface area (Å²) in [5.41, 5.74) is -0.553. The number of anilines is 2. The molecule has 2 aromatic heterocycles. The number of nitrogens with one attached hydrogen (secondary N) is 2. The predicted octanol–water partition coefficient (Wildman–Crippen LogP) is 4.79. The highest BCUT2D eigenvalue weighted by Gasteiger charge is 2.34. The van der Waals surface area contributed by atoms with Gasteiger partial charge in [-0.1, -0.05) is 6.07 Å². The zero-order valence-electron chi connectivity index (χ0n) is 22.9. The summed E-state index contributed by atoms with van der Waals surface area (Å²) in [6.07, 6.45) is -1.71. The van der Waals surface area contributed by atoms with Crippen LogP contribution in [0.4, 0.5) is 24.8 Å². The van der Waals surface area contributed by atoms with Crippen molar-refractivity contribution in [2.75, 3.05) is 43.9 Å². The molecule has 0 unspecified atom stereocenters. The zero-order valence-corrected chi connectivity index (χ0v) is 22.9. The van der Waals surface area contributed by atoms with E-state index in [0.29, 0.717) is 29.6 Å². The molecule has 2 N–H and O–H groups in total. The van der Waals surface area contributed by atoms with Crippen molar-refractivity contribution in [1.29, 1.82) is 0 Å². The first-order valence-electron chi connectivity index (χ1n) is 13.1. The van der Waals surface area contributed by atoms with Gasteiger partial charge in [0.25, 0.3) is 5.91 Å². The molecule has 0 atom stereocenters. The van der Waals surface area contributed by atoms with Gasteiger partial charge in [0.1, 0.15) is 11.4 Å². The van der Waals surface area contributed by atoms with Crippen LogP contribution in [0.1, 0.15) is 28.5 Å². The van der Waals surface area contributed by atoms with Crippen LogP contribution in [-0.4, -0.2) is 69.8 Å². The van der Waals surface area contributed by atoms with Crippen molar-refractivity contribution in [2.45, 2.75) is 19.6 Å². The molecule has 0 spiro atoms. The van der Waals surface area contributed by atoms with Crippen molar-refractivity contribution in [1.82, 2.24) is 24.8 Å². The number of hydrogen-bond donors (Lipinski definition) is 2. The number of ether oxygens (including phenoxy) is 1. The third-order valence-electron chi connectivity index (χ3n) is 6.75. The minimum Gasteiger partial charge on any atom is -0.439 e. The number of likely N-dealkylation sites (N-methyl/N-ethyl adjacent to an activating group) is 1. The molecule has 5 rings (SSSR count). The first kappa shape index (κ1) is 28.9. The lowest BCUT2D eigenvalue weighted by Gasteiger charge is -2.33. The Labute approximate surface area is 239 Å². The van der Waals surface area contributed by atoms with Gasteiger partial charge in [-0.25, -0.2) is 4.98 Å². The van der Waals surface area contributed by atoms with Crippen LogP contribution in [0, 0.1) is 0 Å². The molecule has 0 aliphatic carbocycles. The Bertz CT molecular complexity index is 1620. The standard InChI is InChI=1S/C29H28F3N7O3/c1-18(40)35-28-34-10-8-25(37-28)42-22-5-6-23-19(15-22)7-9-33-26(23)27(41)36-21-4-3-20(24(16-21)29(30,31)32)17-39-13-11-38(2)12-14-39/h3-10,15-16H,11-14,17H2,1-2H3,(H,36,41)(H,34,35,37,40). The molecule has 1 fully saturated rings. The van der Waals surface area contributed by atoms with Gasteiger partial charge in [-0.05, 0) is 54.4 Å². The minimum absolute atomic E-state index is 0.0203. The molecule has 0 radical (unpaired) electrons. The summed E-state index contributed by atoms with van der Waals surface area (Å²) in [6.45, 7) is 4.46. The van der Waals surface area contributed by atoms with E-state index in [1.54, 1.807) is 24.3 Å². The maximum absolute atomic E-state index is 14.0. The summed E-state index contributed by atoms with van der Waals surface area (Å²) >= 11 is 0. The van der Waals surface area contributed by atoms with Gasteiger partial charge >= 0.3 is 6.18 Å². The molecule has 218 valence electrons. The Morgan fingerprint density at radius 2 is 1.71 bits per heavy atom. The van der Waals surface area contributed by atoms with Crippen LogP contribution < -0.4 is 15.4 Å². The van der Waals surface area contributed by atoms with E-state index < -0.39 is 17.6 Å². The fraction of sp³-hybridized carbons (Fsp3) is 0.276. The van der Waals surface area contributed by atoms with E-state index in [1.165, 1.54) is 37.5 Å². The largest absolute Gasteiger partial charge is 0.439 e. The molecule has 10 nitrogen and oxygen atoms in total. The maximum Gasteiger partial charge on any atom is 0.416 e. The fourth-order valence-corrected chi connectivity index (χ4v) is 4.63. The molecule has 4 aromatic rings. The summed E-state index contributed by atoms with van der Waals surface area (Å²) in [6, 6.07) is 12.0. The van der Waals surface area contributed by atoms with Crippen molar-refractivity contribution in [3.05, 3.63) is 77.7 Å². The second kappa shape index (κ2) is 12.1. The number of pyridine rings is 1. The lowest BCUT2D eigenvalue weighted by molar-refractivity contribution is -0.138. The topological polar surface area (TPSA) is 113 Å². The molecular weight excluding hydrogens is 551 g/mol. The summed E-state index contributed by atoms with van der Waals surface area (Å²) in [5.74, 6) is -0.294. The average molecular weight is 580 g/mol. The summed E-state index contributed by atoms with van der Waals surface area (Å²) in [5, 5.41) is 6.14. The van der Waals surface area contributed by atoms with E-state index in [9.17, 15) is 22.8 Å². The maximum atomic E-state index is 14.0. The van der Waals surface area contributed by atoms with E-state index in [0.717, 1.165) is 19.2 Å². The van der Waals surface area contributed by atoms with Crippen molar-refractivity contribution < 1.29 is 27.5 Å². The van der Waals surface area contributed by atoms with Gasteiger partial charge in [0.15, 0.2) is 0 Å². The molecular formula is C29H28F3N7O3. The zero-order chi connectivity index (χ0) is 29.9. The van der Waals surface area contributed by atoms with Gasteiger partial charge in [-0.3, -0.25) is 24.8 Å². The van der Waals surface area contributed by atoms with E-state index in [4.69, 9.17) is 4.74 Å². The monoisotopic (exact) mass is 579 g/mol. The lowest BCUT2D eigenvalue weighted by atomic mass is 10.0. The number of carbonyl (C=O) groups excluding carboxylic acids is 2. The highest BCUT2D eigenvalue weighted by atomic mass is 19.4. The Hall–Kier alpha value is -4.62. The number of rotatable bonds is 7. The molecule has 13 heteroatoms. The first-order valence-corrected chi connectivity index (χ1v) is 13.1. The Morgan fingerprint density at radius 3 is 2.45 bits per heavy atom. The third-order valence-corrected chi connectivity index (χ3v) is 6.75. The van der Waals surface area contributed by atoms with Gasteiger partial charge in [0.05, 0.1) is 5.56 Å². The number of amides is 2. The molecule has 3 heterocycles. The van der Waals surface area contributed by atoms with E-state index >= 15 is 0 Å². The van der Waals surface area contributed by atoms with Gasteiger partial charge < -0.3 is 15.0 Å². The van der Waals surface area contributed by atoms with Crippen LogP contribution in [0.15, 0.2) is 60.9 Å². The van der Waals surface area contributed by atoms with E-state index in [2.05, 4.69) is 30.5 Å². The van der Waals surface area contributed by atoms with Crippen LogP contribution in [0.3, 0.4) is 0 Å². The summed E-state index contributed by atoms with van der Waals surface area (Å²) < 4.78 is 47.8. The number of aromatic nitrogens is 3. The smallest absolute Gasteiger partial charge is 0.416 e. The molecule has 1 aliphatic rings. The molecule has 0 saturated carbocycles. The van der Waals surface area contributed by atoms with Crippen molar-refractivity contribution in [2.24, 2.45) is 0 Å². The Balaban J connectivity index is 1.34. The van der Waals surface area contributed by atoms with Crippen LogP contribution in [0.2, 0.25) is 0 Å². The number of halogens is 3. The highest BCUT2D eigenvalue weighted by Crippen LogP contribution is 2.35. The fourth-order valence-electron chi connectivity index (χ4n) is 4.63. The number of hydrogen-bond acceptors (Lipinski definition) is 8. The molecule has 2 aromatic carbocycles. The van der Waals surface area contributed by atoms with E-state index in [1.807, 2.05) is 11.9 Å². The Morgan fingerprint density at radius 1 is 0.952 bits per heavy atom. The van der Waals surface area contributed by atoms with Gasteiger partial charge in [0.2, 0.25) is 17.7 Å². The van der Waals surface area contributed by atoms with Gasteiger partial charge in [-0.2, -0.15) is 18.2 Å². The predicted molar refractivity (Wildman–Crippen MR) is 150 cm³/mol. The van der Waals surface area contributed by atoms with Crippen molar-refractivity contribution in [3.63, 3.8) is 0 Å². The van der Waals surface area contributed by atoms with Crippen LogP contribution in [-0.2, 0) is 17.5 Å². The van der Waals surface area contributed by atoms with Crippen LogP contribution in [0.5, 0.6) is 11.6 Å². The molecule has 2 amide bonds. The number of alkyl halides is 3. The number of carbonyl (C=O) groups is 2. The number of nitrogens with zero attached hydrogens (tertiary/aromatic N) is 5. The molecule has 42 heavy (non-hydrogen) atoms. The first-order chi connectivity index (χ1) is 20.0. The van der Waals surface area contributed by atoms with Crippen LogP contribution >= 0.6 is 0 Å². The van der Waals surface area contributed by atoms with E-state index in [-0.39, 0.29) is 41.2 Å². The molecule has 0 bridgehead atoms. The summed E-state index contributed by atoms with van der Waals surface area (Å²) in [7, 11) is 1.99. The van der Waals surface area contributed by atoms with Crippen LogP contribution in [0.25, 0.3) is 10.8 Å². The quantitative estimate of drug-likeness (QED) is 0.321. The highest BCUT2D eigenvalue weighted by molar-refractivity contribution is 6.11. The average Bonchev–Trinajstić information content (AvgIpc) is 2.94. The van der Waals surface area contributed by atoms with Gasteiger partial charge in [-0.15, -0.1) is 0 Å². The second-order valence-corrected chi connectivity index (χ2v) is 9.95. The summed E-state index contributed by atoms with van der Waals surface area (Å²) in [4.78, 5) is 40.8.